The van der Waals surface area contributed by atoms with Crippen LogP contribution in [0, 0.1) is 18.8 Å². The number of hydrogen-bond donors (Lipinski definition) is 1. The molecule has 0 bridgehead atoms. The normalized spacial score (nSPS) is 30.9. The summed E-state index contributed by atoms with van der Waals surface area (Å²) in [5, 5.41) is 3.23. The monoisotopic (exact) mass is 323 g/mol. The summed E-state index contributed by atoms with van der Waals surface area (Å²) < 4.78 is 5.50. The highest BCUT2D eigenvalue weighted by molar-refractivity contribution is 7.09. The van der Waals surface area contributed by atoms with Gasteiger partial charge < -0.3 is 15.4 Å². The predicted octanol–water partition coefficient (Wildman–Crippen LogP) is 2.53. The highest BCUT2D eigenvalue weighted by atomic mass is 32.1. The SMILES string of the molecule is Cc1csc(C2(CN)C3CCN(C(=O)OC(C)(C)C)CC32)n1. The van der Waals surface area contributed by atoms with E-state index in [4.69, 9.17) is 10.5 Å². The Kier molecular flexibility index (Phi) is 3.72. The van der Waals surface area contributed by atoms with Crippen molar-refractivity contribution in [3.63, 3.8) is 0 Å². The molecule has 2 aliphatic rings. The summed E-state index contributed by atoms with van der Waals surface area (Å²) >= 11 is 1.70. The number of aryl methyl sites for hydroxylation is 1. The van der Waals surface area contributed by atoms with E-state index in [0.29, 0.717) is 18.4 Å². The average molecular weight is 323 g/mol. The van der Waals surface area contributed by atoms with Crippen LogP contribution in [0.25, 0.3) is 0 Å². The molecule has 3 unspecified atom stereocenters. The lowest BCUT2D eigenvalue weighted by molar-refractivity contribution is 0.0206. The first-order valence-corrected chi connectivity index (χ1v) is 8.76. The summed E-state index contributed by atoms with van der Waals surface area (Å²) in [6.07, 6.45) is 0.777. The van der Waals surface area contributed by atoms with E-state index >= 15 is 0 Å². The molecular formula is C16H25N3O2S. The lowest BCUT2D eigenvalue weighted by atomic mass is 10.0. The van der Waals surface area contributed by atoms with Crippen molar-refractivity contribution >= 4 is 17.4 Å². The molecule has 3 atom stereocenters. The van der Waals surface area contributed by atoms with E-state index in [1.54, 1.807) is 11.3 Å². The Morgan fingerprint density at radius 2 is 2.27 bits per heavy atom. The molecule has 1 aliphatic carbocycles. The van der Waals surface area contributed by atoms with Crippen LogP contribution in [0.3, 0.4) is 0 Å². The van der Waals surface area contributed by atoms with E-state index < -0.39 is 5.60 Å². The molecule has 1 aromatic heterocycles. The second-order valence-electron chi connectivity index (χ2n) is 7.47. The lowest BCUT2D eigenvalue weighted by Crippen LogP contribution is -2.40. The van der Waals surface area contributed by atoms with Gasteiger partial charge in [-0.25, -0.2) is 9.78 Å². The minimum absolute atomic E-state index is 0.0182. The molecule has 122 valence electrons. The third-order valence-corrected chi connectivity index (χ3v) is 5.99. The number of ether oxygens (including phenoxy) is 1. The van der Waals surface area contributed by atoms with Crippen molar-refractivity contribution in [2.24, 2.45) is 17.6 Å². The molecule has 3 rings (SSSR count). The minimum atomic E-state index is -0.450. The largest absolute Gasteiger partial charge is 0.444 e. The number of fused-ring (bicyclic) bond motifs is 1. The molecule has 1 saturated heterocycles. The van der Waals surface area contributed by atoms with Crippen molar-refractivity contribution in [1.82, 2.24) is 9.88 Å². The highest BCUT2D eigenvalue weighted by Gasteiger charge is 2.67. The number of carbonyl (C=O) groups excluding carboxylic acids is 1. The number of amides is 1. The number of likely N-dealkylation sites (tertiary alicyclic amines) is 1. The maximum Gasteiger partial charge on any atom is 0.410 e. The topological polar surface area (TPSA) is 68.5 Å². The van der Waals surface area contributed by atoms with Crippen molar-refractivity contribution in [3.8, 4) is 0 Å². The summed E-state index contributed by atoms with van der Waals surface area (Å²) in [4.78, 5) is 18.8. The third-order valence-electron chi connectivity index (χ3n) is 4.83. The van der Waals surface area contributed by atoms with E-state index in [9.17, 15) is 4.79 Å². The summed E-state index contributed by atoms with van der Waals surface area (Å²) in [7, 11) is 0. The summed E-state index contributed by atoms with van der Waals surface area (Å²) in [6, 6.07) is 0. The zero-order valence-corrected chi connectivity index (χ0v) is 14.6. The Morgan fingerprint density at radius 3 is 2.82 bits per heavy atom. The zero-order valence-electron chi connectivity index (χ0n) is 13.8. The van der Waals surface area contributed by atoms with Gasteiger partial charge in [0.15, 0.2) is 0 Å². The van der Waals surface area contributed by atoms with Gasteiger partial charge in [-0.2, -0.15) is 0 Å². The first-order chi connectivity index (χ1) is 10.3. The molecule has 1 aromatic rings. The van der Waals surface area contributed by atoms with Crippen molar-refractivity contribution in [3.05, 3.63) is 16.1 Å². The van der Waals surface area contributed by atoms with E-state index in [1.165, 1.54) is 0 Å². The number of hydrogen-bond acceptors (Lipinski definition) is 5. The Labute approximate surface area is 135 Å². The molecule has 1 amide bonds. The van der Waals surface area contributed by atoms with Crippen LogP contribution in [0.1, 0.15) is 37.9 Å². The van der Waals surface area contributed by atoms with Crippen molar-refractivity contribution in [2.75, 3.05) is 19.6 Å². The molecule has 0 radical (unpaired) electrons. The number of rotatable bonds is 2. The second-order valence-corrected chi connectivity index (χ2v) is 8.32. The smallest absolute Gasteiger partial charge is 0.410 e. The molecule has 6 heteroatoms. The van der Waals surface area contributed by atoms with Gasteiger partial charge in [-0.1, -0.05) is 0 Å². The molecule has 2 N–H and O–H groups in total. The molecule has 2 heterocycles. The Balaban J connectivity index is 1.73. The standard InChI is InChI=1S/C16H25N3O2S/c1-10-8-22-13(18-10)16(9-17)11-5-6-19(7-12(11)16)14(20)21-15(2,3)4/h8,11-12H,5-7,9,17H2,1-4H3. The number of nitrogens with zero attached hydrogens (tertiary/aromatic N) is 2. The lowest BCUT2D eigenvalue weighted by Gasteiger charge is -2.29. The number of thiazole rings is 1. The van der Waals surface area contributed by atoms with Gasteiger partial charge in [0.2, 0.25) is 0 Å². The van der Waals surface area contributed by atoms with Gasteiger partial charge in [-0.15, -0.1) is 11.3 Å². The van der Waals surface area contributed by atoms with E-state index in [2.05, 4.69) is 10.4 Å². The van der Waals surface area contributed by atoms with E-state index in [-0.39, 0.29) is 11.5 Å². The predicted molar refractivity (Wildman–Crippen MR) is 87.0 cm³/mol. The molecular weight excluding hydrogens is 298 g/mol. The fourth-order valence-electron chi connectivity index (χ4n) is 3.74. The highest BCUT2D eigenvalue weighted by Crippen LogP contribution is 2.63. The molecule has 22 heavy (non-hydrogen) atoms. The quantitative estimate of drug-likeness (QED) is 0.908. The number of piperidine rings is 1. The van der Waals surface area contributed by atoms with Crippen LogP contribution in [0.4, 0.5) is 4.79 Å². The minimum Gasteiger partial charge on any atom is -0.444 e. The van der Waals surface area contributed by atoms with Crippen LogP contribution in [-0.4, -0.2) is 41.2 Å². The first-order valence-electron chi connectivity index (χ1n) is 7.88. The van der Waals surface area contributed by atoms with E-state index in [0.717, 1.165) is 30.2 Å². The fourth-order valence-corrected chi connectivity index (χ4v) is 4.88. The summed E-state index contributed by atoms with van der Waals surface area (Å²) in [5.41, 5.74) is 6.71. The fraction of sp³-hybridized carbons (Fsp3) is 0.750. The average Bonchev–Trinajstić information content (AvgIpc) is 2.89. The van der Waals surface area contributed by atoms with Crippen LogP contribution >= 0.6 is 11.3 Å². The Bertz CT molecular complexity index is 580. The molecule has 0 aromatic carbocycles. The maximum absolute atomic E-state index is 12.3. The zero-order chi connectivity index (χ0) is 16.1. The van der Waals surface area contributed by atoms with E-state index in [1.807, 2.05) is 32.6 Å². The summed E-state index contributed by atoms with van der Waals surface area (Å²) in [5.74, 6) is 0.978. The molecule has 1 aliphatic heterocycles. The van der Waals surface area contributed by atoms with Crippen molar-refractivity contribution < 1.29 is 9.53 Å². The summed E-state index contributed by atoms with van der Waals surface area (Å²) in [6.45, 7) is 9.81. The van der Waals surface area contributed by atoms with Crippen LogP contribution in [0.5, 0.6) is 0 Å². The molecule has 2 fully saturated rings. The maximum atomic E-state index is 12.3. The molecule has 5 nitrogen and oxygen atoms in total. The van der Waals surface area contributed by atoms with Gasteiger partial charge in [0.1, 0.15) is 10.6 Å². The van der Waals surface area contributed by atoms with Gasteiger partial charge in [-0.3, -0.25) is 0 Å². The van der Waals surface area contributed by atoms with Gasteiger partial charge in [0.05, 0.1) is 0 Å². The van der Waals surface area contributed by atoms with Crippen molar-refractivity contribution in [1.29, 1.82) is 0 Å². The Hall–Kier alpha value is -1.14. The third kappa shape index (κ3) is 2.52. The van der Waals surface area contributed by atoms with Crippen LogP contribution in [0.2, 0.25) is 0 Å². The van der Waals surface area contributed by atoms with Crippen molar-refractivity contribution in [2.45, 2.75) is 45.1 Å². The van der Waals surface area contributed by atoms with Gasteiger partial charge in [-0.05, 0) is 46.0 Å². The molecule has 0 spiro atoms. The van der Waals surface area contributed by atoms with Gasteiger partial charge in [0.25, 0.3) is 0 Å². The number of carbonyl (C=O) groups is 1. The van der Waals surface area contributed by atoms with Gasteiger partial charge in [0, 0.05) is 36.1 Å². The Morgan fingerprint density at radius 1 is 1.55 bits per heavy atom. The number of aromatic nitrogens is 1. The second kappa shape index (κ2) is 5.20. The number of nitrogens with two attached hydrogens (primary N) is 1. The van der Waals surface area contributed by atoms with Crippen LogP contribution in [0.15, 0.2) is 5.38 Å². The molecule has 1 saturated carbocycles. The van der Waals surface area contributed by atoms with Crippen LogP contribution in [-0.2, 0) is 10.2 Å². The van der Waals surface area contributed by atoms with Crippen LogP contribution < -0.4 is 5.73 Å². The first kappa shape index (κ1) is 15.7. The van der Waals surface area contributed by atoms with Gasteiger partial charge >= 0.3 is 6.09 Å².